The van der Waals surface area contributed by atoms with Gasteiger partial charge < -0.3 is 34.3 Å². The Labute approximate surface area is 314 Å². The van der Waals surface area contributed by atoms with Crippen molar-refractivity contribution in [3.05, 3.63) is 53.9 Å². The lowest BCUT2D eigenvalue weighted by Crippen LogP contribution is -2.59. The standard InChI is InChI=1S/C41H47F2N5O6/c1-4-30-32(43)10-9-25-16-29(49)17-31(35(25)30)33-23-52-36-37(47-13-7-6-8-27(22-47)44-34(50)5-2)45-39(46-38(36)54-33)53-24-40(3)18-26(42)21-48(40)28-19-41(20-28)11-14-51-15-12-41/h1,5,9-10,16-17,26-28,33,49H,2,6-8,11-15,18-24H2,3H3,(H,44,50)/t26-,27?,33?,40+/m1/s1. The lowest BCUT2D eigenvalue weighted by molar-refractivity contribution is -0.117. The molecule has 4 atom stereocenters. The van der Waals surface area contributed by atoms with E-state index in [0.717, 1.165) is 58.2 Å². The first-order valence-electron chi connectivity index (χ1n) is 19.0. The second-order valence-corrected chi connectivity index (χ2v) is 15.8. The van der Waals surface area contributed by atoms with E-state index in [0.29, 0.717) is 54.0 Å². The summed E-state index contributed by atoms with van der Waals surface area (Å²) in [5, 5.41) is 14.7. The van der Waals surface area contributed by atoms with Crippen LogP contribution in [0.4, 0.5) is 14.6 Å². The van der Waals surface area contributed by atoms with E-state index in [4.69, 9.17) is 35.3 Å². The Kier molecular flexibility index (Phi) is 9.77. The monoisotopic (exact) mass is 743 g/mol. The molecule has 1 aromatic heterocycles. The summed E-state index contributed by atoms with van der Waals surface area (Å²) in [7, 11) is 0. The summed E-state index contributed by atoms with van der Waals surface area (Å²) in [6, 6.07) is 5.98. The van der Waals surface area contributed by atoms with E-state index in [1.807, 2.05) is 11.8 Å². The number of carbonyl (C=O) groups is 1. The maximum atomic E-state index is 15.2. The van der Waals surface area contributed by atoms with Crippen molar-refractivity contribution in [2.24, 2.45) is 5.41 Å². The van der Waals surface area contributed by atoms with E-state index in [1.54, 1.807) is 6.07 Å². The lowest BCUT2D eigenvalue weighted by Gasteiger charge is -2.55. The van der Waals surface area contributed by atoms with E-state index in [2.05, 4.69) is 22.7 Å². The van der Waals surface area contributed by atoms with Gasteiger partial charge in [0.05, 0.1) is 11.1 Å². The first-order valence-corrected chi connectivity index (χ1v) is 19.0. The van der Waals surface area contributed by atoms with Crippen molar-refractivity contribution >= 4 is 22.5 Å². The predicted octanol–water partition coefficient (Wildman–Crippen LogP) is 5.77. The number of nitrogens with zero attached hydrogens (tertiary/aromatic N) is 4. The quantitative estimate of drug-likeness (QED) is 0.218. The number of likely N-dealkylation sites (tertiary alicyclic amines) is 1. The molecular weight excluding hydrogens is 696 g/mol. The molecule has 2 unspecified atom stereocenters. The molecule has 4 aliphatic heterocycles. The molecule has 3 aromatic rings. The highest BCUT2D eigenvalue weighted by atomic mass is 19.1. The number of hydrogen-bond donors (Lipinski definition) is 2. The summed E-state index contributed by atoms with van der Waals surface area (Å²) in [4.78, 5) is 26.2. The number of nitrogens with one attached hydrogen (secondary N) is 1. The fraction of sp³-hybridized carbons (Fsp3) is 0.537. The lowest BCUT2D eigenvalue weighted by atomic mass is 9.60. The molecule has 13 heteroatoms. The summed E-state index contributed by atoms with van der Waals surface area (Å²) in [5.41, 5.74) is 0.192. The van der Waals surface area contributed by atoms with Gasteiger partial charge in [-0.1, -0.05) is 18.6 Å². The molecule has 54 heavy (non-hydrogen) atoms. The predicted molar refractivity (Wildman–Crippen MR) is 198 cm³/mol. The summed E-state index contributed by atoms with van der Waals surface area (Å²) in [6.07, 6.45) is 12.2. The number of carbonyl (C=O) groups excluding carboxylic acids is 1. The van der Waals surface area contributed by atoms with Gasteiger partial charge in [0.1, 0.15) is 31.0 Å². The molecule has 5 heterocycles. The third-order valence-electron chi connectivity index (χ3n) is 12.1. The van der Waals surface area contributed by atoms with Crippen LogP contribution in [0.3, 0.4) is 0 Å². The van der Waals surface area contributed by atoms with Crippen molar-refractivity contribution in [1.29, 1.82) is 0 Å². The summed E-state index contributed by atoms with van der Waals surface area (Å²) in [5.74, 6) is 2.45. The number of alkyl halides is 1. The molecule has 0 radical (unpaired) electrons. The molecule has 1 amide bonds. The number of amides is 1. The van der Waals surface area contributed by atoms with Gasteiger partial charge in [0.25, 0.3) is 5.88 Å². The minimum atomic E-state index is -0.975. The summed E-state index contributed by atoms with van der Waals surface area (Å²) in [6.45, 7) is 8.79. The normalized spacial score (nSPS) is 26.9. The number of halogens is 2. The van der Waals surface area contributed by atoms with E-state index in [9.17, 15) is 14.3 Å². The Hall–Kier alpha value is -4.67. The van der Waals surface area contributed by atoms with Crippen molar-refractivity contribution in [3.63, 3.8) is 0 Å². The molecule has 1 spiro atoms. The zero-order chi connectivity index (χ0) is 37.6. The smallest absolute Gasteiger partial charge is 0.322 e. The molecule has 5 aliphatic rings. The molecule has 2 aromatic carbocycles. The first-order chi connectivity index (χ1) is 26.1. The van der Waals surface area contributed by atoms with Crippen molar-refractivity contribution < 1.29 is 37.6 Å². The number of aromatic hydroxyl groups is 1. The number of phenolic OH excluding ortho intramolecular Hbond substituents is 1. The number of phenols is 1. The van der Waals surface area contributed by atoms with E-state index < -0.39 is 23.6 Å². The first kappa shape index (κ1) is 36.3. The van der Waals surface area contributed by atoms with Crippen LogP contribution in [-0.4, -0.2) is 95.7 Å². The van der Waals surface area contributed by atoms with Crippen molar-refractivity contribution in [3.8, 4) is 35.7 Å². The number of terminal acetylenes is 1. The molecule has 1 aliphatic carbocycles. The second-order valence-electron chi connectivity index (χ2n) is 15.8. The number of aromatic nitrogens is 2. The zero-order valence-corrected chi connectivity index (χ0v) is 30.6. The number of fused-ring (bicyclic) bond motifs is 2. The molecule has 1 saturated carbocycles. The van der Waals surface area contributed by atoms with Gasteiger partial charge >= 0.3 is 6.01 Å². The highest BCUT2D eigenvalue weighted by molar-refractivity contribution is 5.93. The number of benzene rings is 2. The molecule has 3 saturated heterocycles. The largest absolute Gasteiger partial charge is 0.508 e. The summed E-state index contributed by atoms with van der Waals surface area (Å²) < 4.78 is 55.2. The molecular formula is C41H47F2N5O6. The van der Waals surface area contributed by atoms with Crippen molar-refractivity contribution in [2.45, 2.75) is 88.2 Å². The van der Waals surface area contributed by atoms with Crippen LogP contribution in [-0.2, 0) is 9.53 Å². The zero-order valence-electron chi connectivity index (χ0n) is 30.6. The van der Waals surface area contributed by atoms with Gasteiger partial charge in [-0.3, -0.25) is 9.69 Å². The van der Waals surface area contributed by atoms with Crippen LogP contribution in [0.1, 0.15) is 75.5 Å². The average molecular weight is 744 g/mol. The van der Waals surface area contributed by atoms with E-state index in [-0.39, 0.29) is 59.8 Å². The molecule has 8 rings (SSSR count). The average Bonchev–Trinajstić information content (AvgIpc) is 3.28. The molecule has 0 bridgehead atoms. The fourth-order valence-corrected chi connectivity index (χ4v) is 9.35. The third kappa shape index (κ3) is 6.90. The van der Waals surface area contributed by atoms with Gasteiger partial charge in [-0.15, -0.1) is 6.42 Å². The number of ether oxygens (including phenoxy) is 4. The number of hydrogen-bond acceptors (Lipinski definition) is 10. The van der Waals surface area contributed by atoms with Gasteiger partial charge in [-0.25, -0.2) is 8.78 Å². The minimum absolute atomic E-state index is 0.00691. The van der Waals surface area contributed by atoms with Gasteiger partial charge in [0.2, 0.25) is 11.7 Å². The van der Waals surface area contributed by atoms with Crippen LogP contribution in [0.2, 0.25) is 0 Å². The topological polar surface area (TPSA) is 119 Å². The van der Waals surface area contributed by atoms with Gasteiger partial charge in [-0.2, -0.15) is 9.97 Å². The van der Waals surface area contributed by atoms with E-state index >= 15 is 4.39 Å². The Morgan fingerprint density at radius 2 is 2.02 bits per heavy atom. The molecule has 2 N–H and O–H groups in total. The van der Waals surface area contributed by atoms with Crippen LogP contribution >= 0.6 is 0 Å². The Morgan fingerprint density at radius 3 is 2.80 bits per heavy atom. The van der Waals surface area contributed by atoms with Crippen molar-refractivity contribution in [1.82, 2.24) is 20.2 Å². The van der Waals surface area contributed by atoms with Gasteiger partial charge in [0.15, 0.2) is 11.9 Å². The van der Waals surface area contributed by atoms with E-state index in [1.165, 1.54) is 24.3 Å². The summed E-state index contributed by atoms with van der Waals surface area (Å²) >= 11 is 0. The van der Waals surface area contributed by atoms with Crippen LogP contribution in [0.25, 0.3) is 10.8 Å². The van der Waals surface area contributed by atoms with Crippen LogP contribution in [0, 0.1) is 23.6 Å². The van der Waals surface area contributed by atoms with Crippen LogP contribution < -0.4 is 24.4 Å². The third-order valence-corrected chi connectivity index (χ3v) is 12.1. The van der Waals surface area contributed by atoms with Crippen LogP contribution in [0.5, 0.6) is 23.4 Å². The maximum Gasteiger partial charge on any atom is 0.322 e. The maximum absolute atomic E-state index is 15.2. The molecule has 11 nitrogen and oxygen atoms in total. The van der Waals surface area contributed by atoms with Crippen molar-refractivity contribution in [2.75, 3.05) is 51.0 Å². The second kappa shape index (κ2) is 14.5. The minimum Gasteiger partial charge on any atom is -0.508 e. The number of rotatable bonds is 8. The Morgan fingerprint density at radius 1 is 1.20 bits per heavy atom. The SMILES string of the molecule is C#Cc1c(F)ccc2cc(O)cc(C3COc4c(nc(OC[C@]5(C)C[C@@H](F)CN5C5CC6(CCOCC6)C5)nc4N4CCCCC(NC(=O)C=C)C4)O3)c12. The Balaban J connectivity index is 1.11. The van der Waals surface area contributed by atoms with Crippen LogP contribution in [0.15, 0.2) is 36.9 Å². The highest BCUT2D eigenvalue weighted by Crippen LogP contribution is 2.53. The molecule has 286 valence electrons. The number of anilines is 1. The Bertz CT molecular complexity index is 1980. The highest BCUT2D eigenvalue weighted by Gasteiger charge is 2.54. The fourth-order valence-electron chi connectivity index (χ4n) is 9.35. The molecule has 4 fully saturated rings. The van der Waals surface area contributed by atoms with Gasteiger partial charge in [0, 0.05) is 62.3 Å². The van der Waals surface area contributed by atoms with Gasteiger partial charge in [-0.05, 0) is 86.9 Å².